The van der Waals surface area contributed by atoms with Crippen molar-refractivity contribution in [3.63, 3.8) is 0 Å². The number of aromatic hydroxyl groups is 2. The molecule has 0 atom stereocenters. The SMILES string of the molecule is CCCOc1ccc(O)c(O)c1CCC. The third kappa shape index (κ3) is 2.78. The van der Waals surface area contributed by atoms with E-state index in [1.54, 1.807) is 6.07 Å². The van der Waals surface area contributed by atoms with Crippen LogP contribution < -0.4 is 4.74 Å². The van der Waals surface area contributed by atoms with Crippen molar-refractivity contribution in [2.45, 2.75) is 33.1 Å². The van der Waals surface area contributed by atoms with Crippen LogP contribution in [0.2, 0.25) is 0 Å². The highest BCUT2D eigenvalue weighted by molar-refractivity contribution is 5.52. The van der Waals surface area contributed by atoms with Crippen molar-refractivity contribution in [2.75, 3.05) is 6.61 Å². The van der Waals surface area contributed by atoms with Gasteiger partial charge in [0.25, 0.3) is 0 Å². The molecule has 0 spiro atoms. The van der Waals surface area contributed by atoms with Crippen molar-refractivity contribution in [3.05, 3.63) is 17.7 Å². The first kappa shape index (κ1) is 11.7. The molecule has 0 fully saturated rings. The summed E-state index contributed by atoms with van der Waals surface area (Å²) in [5.74, 6) is 0.543. The van der Waals surface area contributed by atoms with Gasteiger partial charge < -0.3 is 14.9 Å². The highest BCUT2D eigenvalue weighted by atomic mass is 16.5. The van der Waals surface area contributed by atoms with Crippen LogP contribution in [0, 0.1) is 0 Å². The lowest BCUT2D eigenvalue weighted by atomic mass is 10.1. The molecule has 1 rings (SSSR count). The second-order valence-electron chi connectivity index (χ2n) is 3.51. The Hall–Kier alpha value is -1.38. The molecule has 1 aromatic rings. The van der Waals surface area contributed by atoms with Crippen molar-refractivity contribution in [1.29, 1.82) is 0 Å². The van der Waals surface area contributed by atoms with E-state index in [1.807, 2.05) is 13.8 Å². The summed E-state index contributed by atoms with van der Waals surface area (Å²) in [6.07, 6.45) is 2.53. The van der Waals surface area contributed by atoms with Crippen LogP contribution in [-0.2, 0) is 6.42 Å². The van der Waals surface area contributed by atoms with Crippen LogP contribution in [0.15, 0.2) is 12.1 Å². The van der Waals surface area contributed by atoms with Gasteiger partial charge in [-0.05, 0) is 25.0 Å². The summed E-state index contributed by atoms with van der Waals surface area (Å²) in [5, 5.41) is 19.0. The van der Waals surface area contributed by atoms with Crippen LogP contribution >= 0.6 is 0 Å². The molecule has 0 aliphatic rings. The molecule has 0 saturated heterocycles. The first-order chi connectivity index (χ1) is 7.20. The van der Waals surface area contributed by atoms with Crippen molar-refractivity contribution in [1.82, 2.24) is 0 Å². The molecule has 2 N–H and O–H groups in total. The van der Waals surface area contributed by atoms with E-state index >= 15 is 0 Å². The number of benzene rings is 1. The fourth-order valence-corrected chi connectivity index (χ4v) is 1.44. The molecule has 0 unspecified atom stereocenters. The molecule has 0 bridgehead atoms. The maximum atomic E-state index is 9.68. The maximum Gasteiger partial charge on any atom is 0.164 e. The standard InChI is InChI=1S/C12H18O3/c1-3-5-9-11(15-8-4-2)7-6-10(13)12(9)14/h6-7,13-14H,3-5,8H2,1-2H3. The molecule has 0 amide bonds. The number of hydrogen-bond acceptors (Lipinski definition) is 3. The van der Waals surface area contributed by atoms with Crippen LogP contribution in [0.3, 0.4) is 0 Å². The smallest absolute Gasteiger partial charge is 0.164 e. The van der Waals surface area contributed by atoms with E-state index in [0.717, 1.165) is 12.8 Å². The lowest BCUT2D eigenvalue weighted by molar-refractivity contribution is 0.308. The average molecular weight is 210 g/mol. The molecule has 0 heterocycles. The van der Waals surface area contributed by atoms with E-state index in [1.165, 1.54) is 6.07 Å². The summed E-state index contributed by atoms with van der Waals surface area (Å²) in [6.45, 7) is 4.67. The van der Waals surface area contributed by atoms with Crippen LogP contribution in [0.25, 0.3) is 0 Å². The van der Waals surface area contributed by atoms with E-state index in [9.17, 15) is 10.2 Å². The molecule has 3 heteroatoms. The minimum Gasteiger partial charge on any atom is -0.504 e. The molecular formula is C12H18O3. The van der Waals surface area contributed by atoms with Gasteiger partial charge in [-0.3, -0.25) is 0 Å². The molecule has 84 valence electrons. The van der Waals surface area contributed by atoms with Gasteiger partial charge in [0.1, 0.15) is 5.75 Å². The Balaban J connectivity index is 2.97. The Morgan fingerprint density at radius 2 is 1.87 bits per heavy atom. The van der Waals surface area contributed by atoms with Gasteiger partial charge in [0, 0.05) is 5.56 Å². The maximum absolute atomic E-state index is 9.68. The highest BCUT2D eigenvalue weighted by Gasteiger charge is 2.12. The lowest BCUT2D eigenvalue weighted by Gasteiger charge is -2.12. The average Bonchev–Trinajstić information content (AvgIpc) is 2.24. The predicted molar refractivity (Wildman–Crippen MR) is 59.6 cm³/mol. The summed E-state index contributed by atoms with van der Waals surface area (Å²) < 4.78 is 5.50. The van der Waals surface area contributed by atoms with Crippen LogP contribution in [0.5, 0.6) is 17.2 Å². The van der Waals surface area contributed by atoms with Crippen LogP contribution in [0.4, 0.5) is 0 Å². The Kier molecular flexibility index (Phi) is 4.28. The number of rotatable bonds is 5. The van der Waals surface area contributed by atoms with Gasteiger partial charge in [-0.15, -0.1) is 0 Å². The Labute approximate surface area is 90.3 Å². The van der Waals surface area contributed by atoms with Crippen molar-refractivity contribution in [2.24, 2.45) is 0 Å². The molecule has 1 aromatic carbocycles. The summed E-state index contributed by atoms with van der Waals surface area (Å²) in [5.41, 5.74) is 0.700. The molecule has 0 aliphatic carbocycles. The summed E-state index contributed by atoms with van der Waals surface area (Å²) in [4.78, 5) is 0. The zero-order chi connectivity index (χ0) is 11.3. The molecule has 0 radical (unpaired) electrons. The van der Waals surface area contributed by atoms with Crippen LogP contribution in [0.1, 0.15) is 32.3 Å². The third-order valence-electron chi connectivity index (χ3n) is 2.18. The quantitative estimate of drug-likeness (QED) is 0.735. The monoisotopic (exact) mass is 210 g/mol. The van der Waals surface area contributed by atoms with Gasteiger partial charge in [-0.1, -0.05) is 20.3 Å². The van der Waals surface area contributed by atoms with E-state index in [-0.39, 0.29) is 11.5 Å². The lowest BCUT2D eigenvalue weighted by Crippen LogP contribution is -1.99. The first-order valence-electron chi connectivity index (χ1n) is 5.37. The molecule has 3 nitrogen and oxygen atoms in total. The van der Waals surface area contributed by atoms with Crippen LogP contribution in [-0.4, -0.2) is 16.8 Å². The van der Waals surface area contributed by atoms with Gasteiger partial charge in [0.15, 0.2) is 11.5 Å². The van der Waals surface area contributed by atoms with E-state index < -0.39 is 0 Å². The van der Waals surface area contributed by atoms with Gasteiger partial charge in [0.2, 0.25) is 0 Å². The van der Waals surface area contributed by atoms with Crippen molar-refractivity contribution < 1.29 is 14.9 Å². The minimum absolute atomic E-state index is 0.0505. The number of hydrogen-bond donors (Lipinski definition) is 2. The first-order valence-corrected chi connectivity index (χ1v) is 5.37. The largest absolute Gasteiger partial charge is 0.504 e. The van der Waals surface area contributed by atoms with Crippen molar-refractivity contribution >= 4 is 0 Å². The highest BCUT2D eigenvalue weighted by Crippen LogP contribution is 2.36. The Morgan fingerprint density at radius 3 is 2.47 bits per heavy atom. The van der Waals surface area contributed by atoms with E-state index in [2.05, 4.69) is 0 Å². The zero-order valence-electron chi connectivity index (χ0n) is 9.29. The summed E-state index contributed by atoms with van der Waals surface area (Å²) >= 11 is 0. The Bertz CT molecular complexity index is 321. The number of phenols is 2. The van der Waals surface area contributed by atoms with Gasteiger partial charge in [0.05, 0.1) is 6.61 Å². The topological polar surface area (TPSA) is 49.7 Å². The summed E-state index contributed by atoms with van der Waals surface area (Å²) in [6, 6.07) is 3.16. The third-order valence-corrected chi connectivity index (χ3v) is 2.18. The zero-order valence-corrected chi connectivity index (χ0v) is 9.29. The van der Waals surface area contributed by atoms with Gasteiger partial charge in [-0.25, -0.2) is 0 Å². The minimum atomic E-state index is -0.0812. The summed E-state index contributed by atoms with van der Waals surface area (Å²) in [7, 11) is 0. The van der Waals surface area contributed by atoms with Gasteiger partial charge in [-0.2, -0.15) is 0 Å². The van der Waals surface area contributed by atoms with E-state index in [4.69, 9.17) is 4.74 Å². The van der Waals surface area contributed by atoms with Crippen molar-refractivity contribution in [3.8, 4) is 17.2 Å². The second-order valence-corrected chi connectivity index (χ2v) is 3.51. The van der Waals surface area contributed by atoms with E-state index in [0.29, 0.717) is 24.3 Å². The molecule has 0 aromatic heterocycles. The molecule has 0 aliphatic heterocycles. The Morgan fingerprint density at radius 1 is 1.13 bits per heavy atom. The molecular weight excluding hydrogens is 192 g/mol. The number of ether oxygens (including phenoxy) is 1. The fourth-order valence-electron chi connectivity index (χ4n) is 1.44. The number of phenolic OH excluding ortho intramolecular Hbond substituents is 2. The normalized spacial score (nSPS) is 10.3. The second kappa shape index (κ2) is 5.49. The fraction of sp³-hybridized carbons (Fsp3) is 0.500. The predicted octanol–water partition coefficient (Wildman–Crippen LogP) is 2.84. The van der Waals surface area contributed by atoms with Gasteiger partial charge >= 0.3 is 0 Å². The molecule has 15 heavy (non-hydrogen) atoms. The molecule has 0 saturated carbocycles.